The van der Waals surface area contributed by atoms with Crippen LogP contribution in [0.5, 0.6) is 17.2 Å². The molecule has 0 spiro atoms. The Kier molecular flexibility index (Phi) is 4.78. The van der Waals surface area contributed by atoms with Gasteiger partial charge in [0.2, 0.25) is 5.78 Å². The first kappa shape index (κ1) is 15.6. The summed E-state index contributed by atoms with van der Waals surface area (Å²) in [6.45, 7) is 1.28. The monoisotopic (exact) mass is 300 g/mol. The largest absolute Gasteiger partial charge is 0.496 e. The number of ether oxygens (including phenoxy) is 3. The fourth-order valence-corrected chi connectivity index (χ4v) is 2.11. The normalized spacial score (nSPS) is 9.95. The molecule has 0 radical (unpaired) electrons. The molecule has 0 aliphatic carbocycles. The van der Waals surface area contributed by atoms with Gasteiger partial charge in [0.15, 0.2) is 0 Å². The first-order valence-corrected chi connectivity index (χ1v) is 6.61. The highest BCUT2D eigenvalue weighted by atomic mass is 16.5. The zero-order valence-electron chi connectivity index (χ0n) is 12.6. The van der Waals surface area contributed by atoms with Gasteiger partial charge >= 0.3 is 5.97 Å². The summed E-state index contributed by atoms with van der Waals surface area (Å²) >= 11 is 0. The lowest BCUT2D eigenvalue weighted by Crippen LogP contribution is -2.10. The summed E-state index contributed by atoms with van der Waals surface area (Å²) in [6.07, 6.45) is 0. The Bertz CT molecular complexity index is 684. The SMILES string of the molecule is COc1cccc(OC)c1C(=O)c1ccccc1OC(C)=O. The molecule has 2 rings (SSSR count). The van der Waals surface area contributed by atoms with Crippen molar-refractivity contribution in [2.24, 2.45) is 0 Å². The molecule has 0 bridgehead atoms. The van der Waals surface area contributed by atoms with Crippen molar-refractivity contribution in [2.75, 3.05) is 14.2 Å². The summed E-state index contributed by atoms with van der Waals surface area (Å²) in [5.74, 6) is 0.148. The number of methoxy groups -OCH3 is 2. The summed E-state index contributed by atoms with van der Waals surface area (Å²) in [5.41, 5.74) is 0.549. The molecule has 5 nitrogen and oxygen atoms in total. The van der Waals surface area contributed by atoms with E-state index < -0.39 is 5.97 Å². The Labute approximate surface area is 128 Å². The summed E-state index contributed by atoms with van der Waals surface area (Å²) in [5, 5.41) is 0. The molecule has 0 atom stereocenters. The van der Waals surface area contributed by atoms with Gasteiger partial charge in [-0.25, -0.2) is 0 Å². The van der Waals surface area contributed by atoms with Gasteiger partial charge in [-0.15, -0.1) is 0 Å². The van der Waals surface area contributed by atoms with Crippen LogP contribution < -0.4 is 14.2 Å². The number of benzene rings is 2. The van der Waals surface area contributed by atoms with Crippen LogP contribution in [-0.2, 0) is 4.79 Å². The standard InChI is InChI=1S/C17H16O5/c1-11(18)22-13-8-5-4-7-12(13)17(19)16-14(20-2)9-6-10-15(16)21-3/h4-10H,1-3H3. The van der Waals surface area contributed by atoms with Gasteiger partial charge in [0.1, 0.15) is 22.8 Å². The van der Waals surface area contributed by atoms with Crippen LogP contribution in [0, 0.1) is 0 Å². The lowest BCUT2D eigenvalue weighted by Gasteiger charge is -2.13. The molecule has 0 aromatic heterocycles. The van der Waals surface area contributed by atoms with Gasteiger partial charge < -0.3 is 14.2 Å². The van der Waals surface area contributed by atoms with Gasteiger partial charge in [0.05, 0.1) is 19.8 Å². The molecule has 2 aromatic rings. The highest BCUT2D eigenvalue weighted by molar-refractivity contribution is 6.14. The topological polar surface area (TPSA) is 61.8 Å². The number of rotatable bonds is 5. The highest BCUT2D eigenvalue weighted by Crippen LogP contribution is 2.33. The second kappa shape index (κ2) is 6.76. The third-order valence-electron chi connectivity index (χ3n) is 3.04. The number of hydrogen-bond acceptors (Lipinski definition) is 5. The molecular weight excluding hydrogens is 284 g/mol. The number of carbonyl (C=O) groups excluding carboxylic acids is 2. The highest BCUT2D eigenvalue weighted by Gasteiger charge is 2.23. The van der Waals surface area contributed by atoms with Gasteiger partial charge in [0, 0.05) is 6.92 Å². The summed E-state index contributed by atoms with van der Waals surface area (Å²) in [4.78, 5) is 24.0. The van der Waals surface area contributed by atoms with E-state index >= 15 is 0 Å². The summed E-state index contributed by atoms with van der Waals surface area (Å²) in [7, 11) is 2.95. The number of carbonyl (C=O) groups is 2. The molecule has 0 saturated carbocycles. The fourth-order valence-electron chi connectivity index (χ4n) is 2.11. The maximum atomic E-state index is 12.9. The number of esters is 1. The van der Waals surface area contributed by atoms with Crippen molar-refractivity contribution in [1.82, 2.24) is 0 Å². The van der Waals surface area contributed by atoms with E-state index in [9.17, 15) is 9.59 Å². The molecule has 0 unspecified atom stereocenters. The molecule has 0 heterocycles. The minimum absolute atomic E-state index is 0.202. The van der Waals surface area contributed by atoms with Crippen LogP contribution in [0.2, 0.25) is 0 Å². The van der Waals surface area contributed by atoms with Crippen molar-refractivity contribution in [1.29, 1.82) is 0 Å². The molecular formula is C17H16O5. The van der Waals surface area contributed by atoms with Crippen LogP contribution in [0.3, 0.4) is 0 Å². The van der Waals surface area contributed by atoms with Gasteiger partial charge in [0.25, 0.3) is 0 Å². The fraction of sp³-hybridized carbons (Fsp3) is 0.176. The van der Waals surface area contributed by atoms with Crippen LogP contribution in [0.1, 0.15) is 22.8 Å². The lowest BCUT2D eigenvalue weighted by atomic mass is 10.0. The predicted octanol–water partition coefficient (Wildman–Crippen LogP) is 2.86. The van der Waals surface area contributed by atoms with Crippen molar-refractivity contribution in [3.05, 3.63) is 53.6 Å². The van der Waals surface area contributed by atoms with E-state index in [0.29, 0.717) is 11.5 Å². The van der Waals surface area contributed by atoms with Crippen LogP contribution in [0.4, 0.5) is 0 Å². The Morgan fingerprint density at radius 1 is 0.818 bits per heavy atom. The van der Waals surface area contributed by atoms with Gasteiger partial charge in [-0.05, 0) is 24.3 Å². The quantitative estimate of drug-likeness (QED) is 0.483. The molecule has 0 saturated heterocycles. The van der Waals surface area contributed by atoms with Gasteiger partial charge in [-0.3, -0.25) is 9.59 Å². The van der Waals surface area contributed by atoms with Crippen molar-refractivity contribution in [3.63, 3.8) is 0 Å². The first-order valence-electron chi connectivity index (χ1n) is 6.61. The number of para-hydroxylation sites is 1. The van der Waals surface area contributed by atoms with Crippen molar-refractivity contribution >= 4 is 11.8 Å². The average molecular weight is 300 g/mol. The molecule has 22 heavy (non-hydrogen) atoms. The van der Waals surface area contributed by atoms with Crippen LogP contribution in [0.25, 0.3) is 0 Å². The third kappa shape index (κ3) is 3.09. The molecule has 0 aliphatic heterocycles. The van der Waals surface area contributed by atoms with E-state index in [1.165, 1.54) is 21.1 Å². The first-order chi connectivity index (χ1) is 10.6. The predicted molar refractivity (Wildman–Crippen MR) is 80.7 cm³/mol. The van der Waals surface area contributed by atoms with Crippen LogP contribution in [-0.4, -0.2) is 26.0 Å². The van der Waals surface area contributed by atoms with Gasteiger partial charge in [-0.2, -0.15) is 0 Å². The summed E-state index contributed by atoms with van der Waals surface area (Å²) in [6, 6.07) is 11.6. The van der Waals surface area contributed by atoms with Crippen molar-refractivity contribution < 1.29 is 23.8 Å². The molecule has 0 aliphatic rings. The van der Waals surface area contributed by atoms with Crippen LogP contribution in [0.15, 0.2) is 42.5 Å². The lowest BCUT2D eigenvalue weighted by molar-refractivity contribution is -0.131. The number of hydrogen-bond donors (Lipinski definition) is 0. The van der Waals surface area contributed by atoms with E-state index in [0.717, 1.165) is 0 Å². The number of ketones is 1. The average Bonchev–Trinajstić information content (AvgIpc) is 2.53. The Morgan fingerprint density at radius 3 is 1.91 bits per heavy atom. The maximum absolute atomic E-state index is 12.9. The van der Waals surface area contributed by atoms with Gasteiger partial charge in [-0.1, -0.05) is 18.2 Å². The van der Waals surface area contributed by atoms with E-state index in [1.807, 2.05) is 0 Å². The Morgan fingerprint density at radius 2 is 1.36 bits per heavy atom. The molecule has 0 N–H and O–H groups in total. The molecule has 0 fully saturated rings. The van der Waals surface area contributed by atoms with Crippen molar-refractivity contribution in [3.8, 4) is 17.2 Å². The maximum Gasteiger partial charge on any atom is 0.308 e. The minimum Gasteiger partial charge on any atom is -0.496 e. The van der Waals surface area contributed by atoms with Crippen LogP contribution >= 0.6 is 0 Å². The van der Waals surface area contributed by atoms with E-state index in [1.54, 1.807) is 42.5 Å². The minimum atomic E-state index is -0.493. The van der Waals surface area contributed by atoms with Crippen molar-refractivity contribution in [2.45, 2.75) is 6.92 Å². The Hall–Kier alpha value is -2.82. The Balaban J connectivity index is 2.56. The summed E-state index contributed by atoms with van der Waals surface area (Å²) < 4.78 is 15.6. The van der Waals surface area contributed by atoms with E-state index in [-0.39, 0.29) is 22.7 Å². The van der Waals surface area contributed by atoms with E-state index in [4.69, 9.17) is 14.2 Å². The zero-order valence-corrected chi connectivity index (χ0v) is 12.6. The second-order valence-corrected chi connectivity index (χ2v) is 4.46. The molecule has 0 amide bonds. The third-order valence-corrected chi connectivity index (χ3v) is 3.04. The molecule has 2 aromatic carbocycles. The second-order valence-electron chi connectivity index (χ2n) is 4.46. The van der Waals surface area contributed by atoms with E-state index in [2.05, 4.69) is 0 Å². The zero-order chi connectivity index (χ0) is 16.1. The molecule has 114 valence electrons. The molecule has 5 heteroatoms. The smallest absolute Gasteiger partial charge is 0.308 e.